The molecular formula is C15H14FN3O. The minimum Gasteiger partial charge on any atom is -0.292 e. The summed E-state index contributed by atoms with van der Waals surface area (Å²) in [5.74, 6) is -0.394. The van der Waals surface area contributed by atoms with Crippen molar-refractivity contribution in [3.05, 3.63) is 64.6 Å². The van der Waals surface area contributed by atoms with Crippen molar-refractivity contribution in [1.82, 2.24) is 14.1 Å². The van der Waals surface area contributed by atoms with Gasteiger partial charge in [0.1, 0.15) is 5.82 Å². The number of hydrogen-bond donors (Lipinski definition) is 0. The summed E-state index contributed by atoms with van der Waals surface area (Å²) in [6.07, 6.45) is 2.73. The van der Waals surface area contributed by atoms with Gasteiger partial charge in [-0.15, -0.1) is 0 Å². The third-order valence-electron chi connectivity index (χ3n) is 3.34. The first kappa shape index (κ1) is 12.6. The van der Waals surface area contributed by atoms with Crippen molar-refractivity contribution in [1.29, 1.82) is 0 Å². The van der Waals surface area contributed by atoms with E-state index in [1.807, 2.05) is 31.2 Å². The molecule has 0 fully saturated rings. The van der Waals surface area contributed by atoms with Gasteiger partial charge in [0.15, 0.2) is 0 Å². The van der Waals surface area contributed by atoms with Crippen LogP contribution < -0.4 is 5.69 Å². The first-order chi connectivity index (χ1) is 9.70. The Morgan fingerprint density at radius 3 is 2.50 bits per heavy atom. The summed E-state index contributed by atoms with van der Waals surface area (Å²) in [6, 6.07) is 9.01. The zero-order valence-corrected chi connectivity index (χ0v) is 11.1. The zero-order valence-electron chi connectivity index (χ0n) is 11.1. The minimum absolute atomic E-state index is 0.0852. The predicted molar refractivity (Wildman–Crippen MR) is 75.2 cm³/mol. The average molecular weight is 271 g/mol. The molecule has 3 aromatic rings. The largest absolute Gasteiger partial charge is 0.329 e. The number of nitrogens with zero attached hydrogens (tertiary/aromatic N) is 3. The van der Waals surface area contributed by atoms with Gasteiger partial charge in [-0.3, -0.25) is 14.1 Å². The smallest absolute Gasteiger partial charge is 0.292 e. The van der Waals surface area contributed by atoms with Gasteiger partial charge in [0.05, 0.1) is 23.8 Å². The number of hydrogen-bond acceptors (Lipinski definition) is 2. The Labute approximate surface area is 115 Å². The highest BCUT2D eigenvalue weighted by Gasteiger charge is 2.11. The number of imidazole rings is 1. The molecule has 0 saturated carbocycles. The van der Waals surface area contributed by atoms with E-state index in [0.29, 0.717) is 18.7 Å². The lowest BCUT2D eigenvalue weighted by Crippen LogP contribution is -2.24. The molecule has 2 aromatic heterocycles. The maximum Gasteiger partial charge on any atom is 0.329 e. The highest BCUT2D eigenvalue weighted by Crippen LogP contribution is 2.14. The van der Waals surface area contributed by atoms with Gasteiger partial charge in [0.2, 0.25) is 0 Å². The van der Waals surface area contributed by atoms with E-state index in [9.17, 15) is 9.18 Å². The number of pyridine rings is 1. The molecule has 0 N–H and O–H groups in total. The molecule has 0 bridgehead atoms. The van der Waals surface area contributed by atoms with Gasteiger partial charge < -0.3 is 0 Å². The first-order valence-electron chi connectivity index (χ1n) is 6.48. The molecule has 2 heterocycles. The fourth-order valence-corrected chi connectivity index (χ4v) is 2.46. The molecule has 0 atom stereocenters. The maximum absolute atomic E-state index is 13.2. The minimum atomic E-state index is -0.394. The van der Waals surface area contributed by atoms with E-state index in [1.54, 1.807) is 15.3 Å². The van der Waals surface area contributed by atoms with Crippen LogP contribution in [0.4, 0.5) is 4.39 Å². The van der Waals surface area contributed by atoms with E-state index >= 15 is 0 Å². The molecule has 0 unspecified atom stereocenters. The molecule has 0 amide bonds. The fourth-order valence-electron chi connectivity index (χ4n) is 2.46. The molecule has 1 aromatic carbocycles. The number of benzene rings is 1. The Bertz CT molecular complexity index is 819. The molecule has 0 aliphatic heterocycles. The highest BCUT2D eigenvalue weighted by molar-refractivity contribution is 5.76. The van der Waals surface area contributed by atoms with E-state index in [4.69, 9.17) is 0 Å². The topological polar surface area (TPSA) is 39.8 Å². The van der Waals surface area contributed by atoms with Crippen molar-refractivity contribution in [2.24, 2.45) is 0 Å². The molecular weight excluding hydrogens is 257 g/mol. The number of fused-ring (bicyclic) bond motifs is 1. The number of para-hydroxylation sites is 2. The summed E-state index contributed by atoms with van der Waals surface area (Å²) >= 11 is 0. The normalized spacial score (nSPS) is 11.1. The number of aromatic nitrogens is 3. The van der Waals surface area contributed by atoms with Crippen LogP contribution in [0.25, 0.3) is 11.0 Å². The monoisotopic (exact) mass is 271 g/mol. The van der Waals surface area contributed by atoms with Gasteiger partial charge in [-0.1, -0.05) is 12.1 Å². The molecule has 102 valence electrons. The summed E-state index contributed by atoms with van der Waals surface area (Å²) in [7, 11) is 0. The second kappa shape index (κ2) is 4.92. The maximum atomic E-state index is 13.2. The molecule has 0 saturated heterocycles. The number of rotatable bonds is 3. The van der Waals surface area contributed by atoms with E-state index in [2.05, 4.69) is 4.98 Å². The highest BCUT2D eigenvalue weighted by atomic mass is 19.1. The van der Waals surface area contributed by atoms with Crippen LogP contribution in [0.2, 0.25) is 0 Å². The summed E-state index contributed by atoms with van der Waals surface area (Å²) in [4.78, 5) is 16.2. The molecule has 20 heavy (non-hydrogen) atoms. The van der Waals surface area contributed by atoms with Gasteiger partial charge in [0, 0.05) is 12.7 Å². The lowest BCUT2D eigenvalue weighted by atomic mass is 10.2. The van der Waals surface area contributed by atoms with Crippen LogP contribution in [0.3, 0.4) is 0 Å². The SMILES string of the molecule is CCn1c(=O)n(Cc2cncc(F)c2)c2ccccc21. The van der Waals surface area contributed by atoms with Crippen LogP contribution >= 0.6 is 0 Å². The lowest BCUT2D eigenvalue weighted by molar-refractivity contribution is 0.614. The summed E-state index contributed by atoms with van der Waals surface area (Å²) in [5, 5.41) is 0. The Balaban J connectivity index is 2.16. The summed E-state index contributed by atoms with van der Waals surface area (Å²) < 4.78 is 16.6. The number of aryl methyl sites for hydroxylation is 1. The molecule has 0 aliphatic carbocycles. The van der Waals surface area contributed by atoms with Gasteiger partial charge in [-0.05, 0) is 30.7 Å². The Kier molecular flexibility index (Phi) is 3.10. The van der Waals surface area contributed by atoms with Crippen LogP contribution in [-0.2, 0) is 13.1 Å². The molecule has 4 nitrogen and oxygen atoms in total. The average Bonchev–Trinajstić information content (AvgIpc) is 2.72. The Morgan fingerprint density at radius 1 is 1.15 bits per heavy atom. The van der Waals surface area contributed by atoms with E-state index < -0.39 is 5.82 Å². The molecule has 0 radical (unpaired) electrons. The van der Waals surface area contributed by atoms with Crippen molar-refractivity contribution in [3.63, 3.8) is 0 Å². The van der Waals surface area contributed by atoms with Crippen molar-refractivity contribution >= 4 is 11.0 Å². The molecule has 3 rings (SSSR count). The van der Waals surface area contributed by atoms with E-state index in [1.165, 1.54) is 6.07 Å². The van der Waals surface area contributed by atoms with E-state index in [0.717, 1.165) is 17.2 Å². The summed E-state index contributed by atoms with van der Waals surface area (Å²) in [5.41, 5.74) is 2.33. The summed E-state index contributed by atoms with van der Waals surface area (Å²) in [6.45, 7) is 2.85. The van der Waals surface area contributed by atoms with Crippen LogP contribution in [0, 0.1) is 5.82 Å². The van der Waals surface area contributed by atoms with Crippen LogP contribution in [-0.4, -0.2) is 14.1 Å². The van der Waals surface area contributed by atoms with Gasteiger partial charge >= 0.3 is 5.69 Å². The van der Waals surface area contributed by atoms with Crippen LogP contribution in [0.1, 0.15) is 12.5 Å². The standard InChI is InChI=1S/C15H14FN3O/c1-2-18-13-5-3-4-6-14(13)19(15(18)20)10-11-7-12(16)9-17-8-11/h3-9H,2,10H2,1H3. The zero-order chi connectivity index (χ0) is 14.1. The van der Waals surface area contributed by atoms with Crippen LogP contribution in [0.5, 0.6) is 0 Å². The van der Waals surface area contributed by atoms with Gasteiger partial charge in [-0.2, -0.15) is 0 Å². The van der Waals surface area contributed by atoms with Crippen LogP contribution in [0.15, 0.2) is 47.5 Å². The van der Waals surface area contributed by atoms with Gasteiger partial charge in [0.25, 0.3) is 0 Å². The fraction of sp³-hybridized carbons (Fsp3) is 0.200. The van der Waals surface area contributed by atoms with Crippen molar-refractivity contribution in [2.75, 3.05) is 0 Å². The Hall–Kier alpha value is -2.43. The van der Waals surface area contributed by atoms with Crippen molar-refractivity contribution in [2.45, 2.75) is 20.0 Å². The Morgan fingerprint density at radius 2 is 1.85 bits per heavy atom. The quantitative estimate of drug-likeness (QED) is 0.734. The van der Waals surface area contributed by atoms with Gasteiger partial charge in [-0.25, -0.2) is 9.18 Å². The third kappa shape index (κ3) is 2.01. The first-order valence-corrected chi connectivity index (χ1v) is 6.48. The second-order valence-corrected chi connectivity index (χ2v) is 4.61. The molecule has 5 heteroatoms. The van der Waals surface area contributed by atoms with Crippen molar-refractivity contribution < 1.29 is 4.39 Å². The molecule has 0 aliphatic rings. The predicted octanol–water partition coefficient (Wildman–Crippen LogP) is 2.41. The third-order valence-corrected chi connectivity index (χ3v) is 3.34. The number of halogens is 1. The lowest BCUT2D eigenvalue weighted by Gasteiger charge is -2.03. The van der Waals surface area contributed by atoms with Crippen molar-refractivity contribution in [3.8, 4) is 0 Å². The van der Waals surface area contributed by atoms with E-state index in [-0.39, 0.29) is 5.69 Å². The second-order valence-electron chi connectivity index (χ2n) is 4.61. The molecule has 0 spiro atoms.